The van der Waals surface area contributed by atoms with Crippen molar-refractivity contribution in [3.63, 3.8) is 0 Å². The molecule has 2 aromatic carbocycles. The number of fused-ring (bicyclic) bond motifs is 1. The van der Waals surface area contributed by atoms with Gasteiger partial charge in [0, 0.05) is 35.9 Å². The summed E-state index contributed by atoms with van der Waals surface area (Å²) in [6, 6.07) is 13.2. The Morgan fingerprint density at radius 2 is 2.09 bits per heavy atom. The highest BCUT2D eigenvalue weighted by atomic mass is 16.5. The molecule has 2 heterocycles. The lowest BCUT2D eigenvalue weighted by Gasteiger charge is -2.30. The maximum absolute atomic E-state index is 12.4. The van der Waals surface area contributed by atoms with Gasteiger partial charge in [0.2, 0.25) is 5.91 Å². The first-order chi connectivity index (χ1) is 15.5. The predicted molar refractivity (Wildman–Crippen MR) is 124 cm³/mol. The number of morpholine rings is 1. The zero-order chi connectivity index (χ0) is 22.5. The summed E-state index contributed by atoms with van der Waals surface area (Å²) in [5.41, 5.74) is 3.49. The van der Waals surface area contributed by atoms with E-state index in [2.05, 4.69) is 20.6 Å². The highest BCUT2D eigenvalue weighted by molar-refractivity contribution is 6.01. The lowest BCUT2D eigenvalue weighted by molar-refractivity contribution is -0.155. The van der Waals surface area contributed by atoms with Crippen LogP contribution in [0.4, 0.5) is 17.2 Å². The van der Waals surface area contributed by atoms with Crippen molar-refractivity contribution in [1.82, 2.24) is 14.9 Å². The van der Waals surface area contributed by atoms with E-state index in [0.29, 0.717) is 31.2 Å². The van der Waals surface area contributed by atoms with E-state index >= 15 is 0 Å². The van der Waals surface area contributed by atoms with Gasteiger partial charge in [0.05, 0.1) is 5.52 Å². The highest BCUT2D eigenvalue weighted by Gasteiger charge is 2.26. The van der Waals surface area contributed by atoms with Crippen LogP contribution < -0.4 is 10.6 Å². The highest BCUT2D eigenvalue weighted by Crippen LogP contribution is 2.26. The van der Waals surface area contributed by atoms with Crippen LogP contribution in [0.1, 0.15) is 12.5 Å². The average molecular weight is 431 g/mol. The Morgan fingerprint density at radius 1 is 1.22 bits per heavy atom. The Labute approximate surface area is 186 Å². The third-order valence-electron chi connectivity index (χ3n) is 5.30. The van der Waals surface area contributed by atoms with Crippen molar-refractivity contribution < 1.29 is 14.3 Å². The molecule has 3 aromatic rings. The molecule has 1 aromatic heterocycles. The monoisotopic (exact) mass is 431 g/mol. The minimum atomic E-state index is -0.309. The Hall–Kier alpha value is -3.78. The third-order valence-corrected chi connectivity index (χ3v) is 5.30. The van der Waals surface area contributed by atoms with Gasteiger partial charge in [-0.2, -0.15) is 0 Å². The quantitative estimate of drug-likeness (QED) is 0.456. The molecule has 0 aliphatic carbocycles. The summed E-state index contributed by atoms with van der Waals surface area (Å²) in [6.45, 7) is 5.36. The van der Waals surface area contributed by atoms with E-state index in [4.69, 9.17) is 4.74 Å². The Morgan fingerprint density at radius 3 is 2.94 bits per heavy atom. The first-order valence-corrected chi connectivity index (χ1v) is 10.5. The zero-order valence-corrected chi connectivity index (χ0v) is 18.0. The van der Waals surface area contributed by atoms with Gasteiger partial charge in [-0.15, -0.1) is 0 Å². The molecule has 1 atom stereocenters. The molecule has 164 valence electrons. The number of rotatable bonds is 6. The Balaban J connectivity index is 1.45. The second kappa shape index (κ2) is 9.57. The van der Waals surface area contributed by atoms with Gasteiger partial charge >= 0.3 is 5.97 Å². The van der Waals surface area contributed by atoms with Crippen LogP contribution in [0.5, 0.6) is 0 Å². The minimum Gasteiger partial charge on any atom is -0.463 e. The Bertz CT molecular complexity index is 1180. The van der Waals surface area contributed by atoms with Gasteiger partial charge < -0.3 is 15.4 Å². The minimum absolute atomic E-state index is 0.234. The van der Waals surface area contributed by atoms with Crippen molar-refractivity contribution in [2.24, 2.45) is 0 Å². The molecule has 0 radical (unpaired) electrons. The first-order valence-electron chi connectivity index (χ1n) is 10.5. The van der Waals surface area contributed by atoms with Gasteiger partial charge in [-0.25, -0.2) is 9.97 Å². The number of benzene rings is 2. The average Bonchev–Trinajstić information content (AvgIpc) is 2.77. The summed E-state index contributed by atoms with van der Waals surface area (Å²) in [5.74, 6) is 0.183. The van der Waals surface area contributed by atoms with E-state index in [-0.39, 0.29) is 17.9 Å². The van der Waals surface area contributed by atoms with E-state index in [1.54, 1.807) is 19.1 Å². The summed E-state index contributed by atoms with van der Waals surface area (Å²) in [5, 5.41) is 7.00. The fraction of sp³-hybridized carbons (Fsp3) is 0.250. The van der Waals surface area contributed by atoms with Gasteiger partial charge in [0.15, 0.2) is 0 Å². The number of carbonyl (C=O) groups is 2. The normalized spacial score (nSPS) is 16.8. The molecule has 1 saturated heterocycles. The molecule has 1 aliphatic rings. The molecule has 2 N–H and O–H groups in total. The lowest BCUT2D eigenvalue weighted by atomic mass is 10.2. The molecule has 4 rings (SSSR count). The Kier molecular flexibility index (Phi) is 6.42. The van der Waals surface area contributed by atoms with Gasteiger partial charge in [0.1, 0.15) is 24.8 Å². The van der Waals surface area contributed by atoms with Crippen molar-refractivity contribution in [3.8, 4) is 0 Å². The molecule has 32 heavy (non-hydrogen) atoms. The van der Waals surface area contributed by atoms with E-state index in [1.807, 2.05) is 48.2 Å². The van der Waals surface area contributed by atoms with Gasteiger partial charge in [-0.1, -0.05) is 18.2 Å². The summed E-state index contributed by atoms with van der Waals surface area (Å²) in [4.78, 5) is 34.7. The standard InChI is InChI=1S/C24H25N5O3/c1-16-5-3-6-18(13-16)28-23-20-14-19(8-9-21(20)25-15-26-23)27-22(30)7-4-10-29-11-12-32-24(31)17(29)2/h3-9,13-15,17H,10-12H2,1-2H3,(H,27,30)(H,25,26,28)/t17-/m0/s1. The number of hydrogen-bond acceptors (Lipinski definition) is 7. The number of ether oxygens (including phenoxy) is 1. The number of esters is 1. The summed E-state index contributed by atoms with van der Waals surface area (Å²) < 4.78 is 5.02. The van der Waals surface area contributed by atoms with E-state index in [1.165, 1.54) is 12.4 Å². The summed E-state index contributed by atoms with van der Waals surface area (Å²) in [7, 11) is 0. The molecular weight excluding hydrogens is 406 g/mol. The number of carbonyl (C=O) groups excluding carboxylic acids is 2. The van der Waals surface area contributed by atoms with Crippen molar-refractivity contribution in [2.75, 3.05) is 30.3 Å². The number of hydrogen-bond donors (Lipinski definition) is 2. The van der Waals surface area contributed by atoms with Gasteiger partial charge in [0.25, 0.3) is 0 Å². The van der Waals surface area contributed by atoms with Crippen LogP contribution in [0.25, 0.3) is 10.9 Å². The second-order valence-electron chi connectivity index (χ2n) is 7.68. The fourth-order valence-corrected chi connectivity index (χ4v) is 3.55. The van der Waals surface area contributed by atoms with Gasteiger partial charge in [-0.3, -0.25) is 14.5 Å². The molecule has 1 aliphatic heterocycles. The number of nitrogens with zero attached hydrogens (tertiary/aromatic N) is 3. The molecule has 0 bridgehead atoms. The first kappa shape index (κ1) is 21.5. The third kappa shape index (κ3) is 5.09. The van der Waals surface area contributed by atoms with Crippen molar-refractivity contribution in [2.45, 2.75) is 19.9 Å². The van der Waals surface area contributed by atoms with E-state index in [0.717, 1.165) is 22.2 Å². The number of aryl methyl sites for hydroxylation is 1. The number of amides is 1. The van der Waals surface area contributed by atoms with Crippen molar-refractivity contribution in [1.29, 1.82) is 0 Å². The van der Waals surface area contributed by atoms with Crippen LogP contribution in [0.2, 0.25) is 0 Å². The molecule has 0 saturated carbocycles. The van der Waals surface area contributed by atoms with E-state index < -0.39 is 0 Å². The van der Waals surface area contributed by atoms with Crippen molar-refractivity contribution in [3.05, 3.63) is 66.5 Å². The number of nitrogens with one attached hydrogen (secondary N) is 2. The predicted octanol–water partition coefficient (Wildman–Crippen LogP) is 3.42. The fourth-order valence-electron chi connectivity index (χ4n) is 3.55. The molecule has 0 unspecified atom stereocenters. The smallest absolute Gasteiger partial charge is 0.323 e. The topological polar surface area (TPSA) is 96.4 Å². The lowest BCUT2D eigenvalue weighted by Crippen LogP contribution is -2.47. The molecular formula is C24H25N5O3. The van der Waals surface area contributed by atoms with E-state index in [9.17, 15) is 9.59 Å². The maximum atomic E-state index is 12.4. The molecule has 1 amide bonds. The number of anilines is 3. The summed E-state index contributed by atoms with van der Waals surface area (Å²) >= 11 is 0. The SMILES string of the molecule is Cc1cccc(Nc2ncnc3ccc(NC(=O)C=CCN4CCOC(=O)[C@@H]4C)cc23)c1. The largest absolute Gasteiger partial charge is 0.463 e. The van der Waals surface area contributed by atoms with Crippen LogP contribution >= 0.6 is 0 Å². The van der Waals surface area contributed by atoms with Crippen LogP contribution in [-0.2, 0) is 14.3 Å². The van der Waals surface area contributed by atoms with Crippen LogP contribution in [0.15, 0.2) is 60.9 Å². The zero-order valence-electron chi connectivity index (χ0n) is 18.0. The molecule has 8 nitrogen and oxygen atoms in total. The van der Waals surface area contributed by atoms with Crippen molar-refractivity contribution >= 4 is 40.0 Å². The maximum Gasteiger partial charge on any atom is 0.323 e. The molecule has 1 fully saturated rings. The van der Waals surface area contributed by atoms with Gasteiger partial charge in [-0.05, 0) is 49.7 Å². The van der Waals surface area contributed by atoms with Crippen LogP contribution in [-0.4, -0.2) is 52.5 Å². The summed E-state index contributed by atoms with van der Waals surface area (Å²) in [6.07, 6.45) is 4.74. The van der Waals surface area contributed by atoms with Crippen LogP contribution in [0.3, 0.4) is 0 Å². The van der Waals surface area contributed by atoms with Crippen LogP contribution in [0, 0.1) is 6.92 Å². The molecule has 8 heteroatoms. The molecule has 0 spiro atoms. The number of cyclic esters (lactones) is 1. The number of aromatic nitrogens is 2. The second-order valence-corrected chi connectivity index (χ2v) is 7.68.